The van der Waals surface area contributed by atoms with E-state index in [2.05, 4.69) is 45.1 Å². The van der Waals surface area contributed by atoms with Crippen molar-refractivity contribution in [1.29, 1.82) is 0 Å². The summed E-state index contributed by atoms with van der Waals surface area (Å²) < 4.78 is 0. The normalized spacial score (nSPS) is 14.1. The van der Waals surface area contributed by atoms with Crippen molar-refractivity contribution in [3.05, 3.63) is 0 Å². The fraction of sp³-hybridized carbons (Fsp3) is 1.00. The van der Waals surface area contributed by atoms with Gasteiger partial charge in [-0.15, -0.1) is 0 Å². The molecule has 0 saturated heterocycles. The van der Waals surface area contributed by atoms with Crippen LogP contribution in [0.1, 0.15) is 20.8 Å². The fourth-order valence-electron chi connectivity index (χ4n) is 0.937. The molecule has 1 atom stereocenters. The summed E-state index contributed by atoms with van der Waals surface area (Å²) in [6.45, 7) is 8.23. The summed E-state index contributed by atoms with van der Waals surface area (Å²) in [6, 6.07) is 0.455. The number of hydrogen-bond donors (Lipinski definition) is 2. The third-order valence-corrected chi connectivity index (χ3v) is 2.81. The van der Waals surface area contributed by atoms with E-state index in [-0.39, 0.29) is 32.8 Å². The topological polar surface area (TPSA) is 41.3 Å². The maximum absolute atomic E-state index is 5.42. The van der Waals surface area contributed by atoms with E-state index in [1.165, 1.54) is 0 Å². The molecule has 0 spiro atoms. The van der Waals surface area contributed by atoms with E-state index in [0.717, 1.165) is 6.54 Å². The third kappa shape index (κ3) is 5.29. The third-order valence-electron chi connectivity index (χ3n) is 2.81. The Kier molecular flexibility index (Phi) is 8.92. The molecule has 3 nitrogen and oxygen atoms in total. The van der Waals surface area contributed by atoms with Gasteiger partial charge in [0, 0.05) is 24.7 Å². The molecule has 0 aromatic heterocycles. The Hall–Kier alpha value is 0.802. The van der Waals surface area contributed by atoms with E-state index in [0.29, 0.717) is 12.6 Å². The zero-order chi connectivity index (χ0) is 9.78. The molecule has 0 heterocycles. The second-order valence-electron chi connectivity index (χ2n) is 4.01. The molecule has 0 aliphatic rings. The van der Waals surface area contributed by atoms with Gasteiger partial charge >= 0.3 is 27.3 Å². The first-order valence-electron chi connectivity index (χ1n) is 4.53. The number of likely N-dealkylation sites (N-methyl/N-ethyl adjacent to an activating group) is 1. The molecule has 0 aromatic rings. The zero-order valence-electron chi connectivity index (χ0n) is 9.72. The van der Waals surface area contributed by atoms with Crippen LogP contribution in [0.15, 0.2) is 0 Å². The van der Waals surface area contributed by atoms with Crippen LogP contribution in [0.2, 0.25) is 0 Å². The SMILES string of the molecule is CC(NCCN)C(C)(C)N(C)C.[PbH2]. The van der Waals surface area contributed by atoms with Crippen LogP contribution in [-0.4, -0.2) is 71.0 Å². The van der Waals surface area contributed by atoms with Crippen LogP contribution in [0.3, 0.4) is 0 Å². The van der Waals surface area contributed by atoms with Crippen LogP contribution in [-0.2, 0) is 0 Å². The number of nitrogens with zero attached hydrogens (tertiary/aromatic N) is 1. The predicted octanol–water partition coefficient (Wildman–Crippen LogP) is -0.653. The molecule has 0 aliphatic carbocycles. The number of hydrogen-bond acceptors (Lipinski definition) is 3. The Morgan fingerprint density at radius 1 is 1.38 bits per heavy atom. The summed E-state index contributed by atoms with van der Waals surface area (Å²) in [5, 5.41) is 3.39. The molecule has 0 saturated carbocycles. The molecule has 0 aliphatic heterocycles. The van der Waals surface area contributed by atoms with Crippen molar-refractivity contribution in [2.45, 2.75) is 32.4 Å². The summed E-state index contributed by atoms with van der Waals surface area (Å²) >= 11 is 0. The first-order chi connectivity index (χ1) is 5.42. The summed E-state index contributed by atoms with van der Waals surface area (Å²) in [4.78, 5) is 2.22. The summed E-state index contributed by atoms with van der Waals surface area (Å²) in [5.41, 5.74) is 5.60. The minimum absolute atomic E-state index is 0. The van der Waals surface area contributed by atoms with Gasteiger partial charge in [-0.2, -0.15) is 0 Å². The van der Waals surface area contributed by atoms with Gasteiger partial charge in [0.05, 0.1) is 0 Å². The van der Waals surface area contributed by atoms with Gasteiger partial charge in [0.1, 0.15) is 0 Å². The predicted molar refractivity (Wildman–Crippen MR) is 62.8 cm³/mol. The second kappa shape index (κ2) is 7.14. The number of nitrogens with two attached hydrogens (primary N) is 1. The van der Waals surface area contributed by atoms with Crippen molar-refractivity contribution in [3.63, 3.8) is 0 Å². The molecule has 0 fully saturated rings. The van der Waals surface area contributed by atoms with Crippen molar-refractivity contribution in [3.8, 4) is 0 Å². The monoisotopic (exact) mass is 383 g/mol. The fourth-order valence-corrected chi connectivity index (χ4v) is 0.937. The summed E-state index contributed by atoms with van der Waals surface area (Å²) in [5.74, 6) is 0. The first-order valence-corrected chi connectivity index (χ1v) is 4.53. The quantitative estimate of drug-likeness (QED) is 0.621. The Morgan fingerprint density at radius 3 is 2.15 bits per heavy atom. The molecule has 0 aromatic carbocycles. The van der Waals surface area contributed by atoms with Crippen LogP contribution < -0.4 is 11.1 Å². The molecule has 1 unspecified atom stereocenters. The van der Waals surface area contributed by atoms with Crippen molar-refractivity contribution in [1.82, 2.24) is 10.2 Å². The van der Waals surface area contributed by atoms with Gasteiger partial charge in [-0.3, -0.25) is 0 Å². The van der Waals surface area contributed by atoms with Crippen LogP contribution in [0, 0.1) is 0 Å². The Morgan fingerprint density at radius 2 is 1.85 bits per heavy atom. The van der Waals surface area contributed by atoms with E-state index in [9.17, 15) is 0 Å². The van der Waals surface area contributed by atoms with Crippen molar-refractivity contribution in [2.24, 2.45) is 5.73 Å². The molecule has 2 radical (unpaired) electrons. The van der Waals surface area contributed by atoms with Gasteiger partial charge in [-0.25, -0.2) is 0 Å². The average molecular weight is 383 g/mol. The Labute approximate surface area is 103 Å². The molecule has 80 valence electrons. The van der Waals surface area contributed by atoms with Crippen LogP contribution in [0.5, 0.6) is 0 Å². The summed E-state index contributed by atoms with van der Waals surface area (Å²) in [6.07, 6.45) is 0. The Bertz CT molecular complexity index is 126. The van der Waals surface area contributed by atoms with Gasteiger partial charge in [0.15, 0.2) is 0 Å². The van der Waals surface area contributed by atoms with Gasteiger partial charge < -0.3 is 16.0 Å². The molecular formula is C9H25N3Pb. The second-order valence-corrected chi connectivity index (χ2v) is 4.01. The van der Waals surface area contributed by atoms with Gasteiger partial charge in [0.2, 0.25) is 0 Å². The van der Waals surface area contributed by atoms with Crippen molar-refractivity contribution < 1.29 is 0 Å². The van der Waals surface area contributed by atoms with E-state index < -0.39 is 0 Å². The first kappa shape index (κ1) is 16.2. The van der Waals surface area contributed by atoms with Gasteiger partial charge in [-0.05, 0) is 34.9 Å². The molecule has 4 heteroatoms. The molecule has 3 N–H and O–H groups in total. The molecule has 0 amide bonds. The zero-order valence-corrected chi connectivity index (χ0v) is 15.2. The molecule has 0 bridgehead atoms. The van der Waals surface area contributed by atoms with Crippen molar-refractivity contribution in [2.75, 3.05) is 27.2 Å². The number of rotatable bonds is 5. The van der Waals surface area contributed by atoms with E-state index in [4.69, 9.17) is 5.73 Å². The van der Waals surface area contributed by atoms with Crippen molar-refractivity contribution >= 4 is 27.3 Å². The Balaban J connectivity index is 0. The number of nitrogens with one attached hydrogen (secondary N) is 1. The van der Waals surface area contributed by atoms with Crippen LogP contribution >= 0.6 is 0 Å². The van der Waals surface area contributed by atoms with Gasteiger partial charge in [0.25, 0.3) is 0 Å². The van der Waals surface area contributed by atoms with E-state index in [1.54, 1.807) is 0 Å². The minimum atomic E-state index is 0. The van der Waals surface area contributed by atoms with Crippen LogP contribution in [0.25, 0.3) is 0 Å². The van der Waals surface area contributed by atoms with Crippen LogP contribution in [0.4, 0.5) is 0 Å². The summed E-state index contributed by atoms with van der Waals surface area (Å²) in [7, 11) is 4.20. The van der Waals surface area contributed by atoms with Gasteiger partial charge in [-0.1, -0.05) is 0 Å². The molecular weight excluding hydrogens is 357 g/mol. The standard InChI is InChI=1S/C9H23N3.Pb.2H/c1-8(11-7-6-10)9(2,3)12(4)5;;;/h8,11H,6-7,10H2,1-5H3;;;. The maximum atomic E-state index is 5.42. The molecule has 0 rings (SSSR count). The average Bonchev–Trinajstić information content (AvgIpc) is 1.99. The van der Waals surface area contributed by atoms with E-state index in [1.807, 2.05) is 0 Å². The molecule has 13 heavy (non-hydrogen) atoms. The van der Waals surface area contributed by atoms with E-state index >= 15 is 0 Å².